The molecule has 33 heavy (non-hydrogen) atoms. The minimum atomic E-state index is 0.295. The Labute approximate surface area is 192 Å². The van der Waals surface area contributed by atoms with Crippen LogP contribution in [0.5, 0.6) is 0 Å². The Kier molecular flexibility index (Phi) is 5.33. The summed E-state index contributed by atoms with van der Waals surface area (Å²) in [6.45, 7) is 1.28. The van der Waals surface area contributed by atoms with Gasteiger partial charge in [-0.3, -0.25) is 13.8 Å². The van der Waals surface area contributed by atoms with Crippen LogP contribution in [0.3, 0.4) is 0 Å². The molecule has 172 valence electrons. The highest BCUT2D eigenvalue weighted by molar-refractivity contribution is 5.74. The molecule has 4 aromatic heterocycles. The van der Waals surface area contributed by atoms with Crippen molar-refractivity contribution in [2.75, 3.05) is 11.9 Å². The lowest BCUT2D eigenvalue weighted by Crippen LogP contribution is -2.19. The van der Waals surface area contributed by atoms with E-state index in [0.29, 0.717) is 18.6 Å². The minimum Gasteiger partial charge on any atom is -0.396 e. The average Bonchev–Trinajstić information content (AvgIpc) is 3.60. The van der Waals surface area contributed by atoms with Crippen molar-refractivity contribution in [2.45, 2.75) is 64.0 Å². The quantitative estimate of drug-likeness (QED) is 0.465. The predicted octanol–water partition coefficient (Wildman–Crippen LogP) is 3.98. The highest BCUT2D eigenvalue weighted by Crippen LogP contribution is 2.34. The summed E-state index contributed by atoms with van der Waals surface area (Å²) in [6.07, 6.45) is 20.5. The first-order valence-corrected chi connectivity index (χ1v) is 12.1. The van der Waals surface area contributed by atoms with Crippen LogP contribution in [0, 0.1) is 5.92 Å². The summed E-state index contributed by atoms with van der Waals surface area (Å²) in [6, 6.07) is 0.422. The Hall–Kier alpha value is -3.20. The minimum absolute atomic E-state index is 0.295. The van der Waals surface area contributed by atoms with Crippen molar-refractivity contribution < 1.29 is 5.11 Å². The van der Waals surface area contributed by atoms with Crippen molar-refractivity contribution in [1.82, 2.24) is 33.9 Å². The van der Waals surface area contributed by atoms with E-state index in [4.69, 9.17) is 4.98 Å². The lowest BCUT2D eigenvalue weighted by molar-refractivity contribution is 0.202. The first kappa shape index (κ1) is 20.4. The maximum absolute atomic E-state index is 9.18. The number of fused-ring (bicyclic) bond motifs is 2. The van der Waals surface area contributed by atoms with Crippen LogP contribution in [0.1, 0.15) is 56.7 Å². The van der Waals surface area contributed by atoms with E-state index in [0.717, 1.165) is 73.5 Å². The molecule has 4 aromatic rings. The fourth-order valence-electron chi connectivity index (χ4n) is 5.46. The van der Waals surface area contributed by atoms with Crippen molar-refractivity contribution in [3.63, 3.8) is 0 Å². The molecule has 1 fully saturated rings. The van der Waals surface area contributed by atoms with E-state index in [-0.39, 0.29) is 0 Å². The van der Waals surface area contributed by atoms with Gasteiger partial charge in [0.15, 0.2) is 11.5 Å². The van der Waals surface area contributed by atoms with Crippen molar-refractivity contribution in [3.05, 3.63) is 42.9 Å². The second-order valence-electron chi connectivity index (χ2n) is 9.32. The Bertz CT molecular complexity index is 1250. The molecule has 0 amide bonds. The fourth-order valence-corrected chi connectivity index (χ4v) is 5.46. The van der Waals surface area contributed by atoms with Crippen LogP contribution in [0.4, 0.5) is 11.5 Å². The second kappa shape index (κ2) is 8.62. The van der Waals surface area contributed by atoms with Crippen LogP contribution < -0.4 is 5.32 Å². The van der Waals surface area contributed by atoms with Crippen LogP contribution in [0.25, 0.3) is 16.9 Å². The van der Waals surface area contributed by atoms with Gasteiger partial charge in [-0.25, -0.2) is 9.97 Å². The number of aromatic nitrogens is 7. The van der Waals surface area contributed by atoms with E-state index >= 15 is 0 Å². The summed E-state index contributed by atoms with van der Waals surface area (Å²) >= 11 is 0. The molecule has 9 nitrogen and oxygen atoms in total. The fraction of sp³-hybridized carbons (Fsp3) is 0.500. The SMILES string of the molecule is OCCC1CCC(n2cc(Nc3ncc(-c4cnn5c4CCCC5)n4ccnc34)cn2)CC1. The molecule has 0 bridgehead atoms. The van der Waals surface area contributed by atoms with Crippen LogP contribution in [0.2, 0.25) is 0 Å². The molecule has 1 saturated carbocycles. The number of hydrogen-bond acceptors (Lipinski definition) is 6. The summed E-state index contributed by atoms with van der Waals surface area (Å²) in [5.41, 5.74) is 5.16. The Morgan fingerprint density at radius 1 is 1.03 bits per heavy atom. The highest BCUT2D eigenvalue weighted by Gasteiger charge is 2.23. The van der Waals surface area contributed by atoms with Crippen LogP contribution in [-0.2, 0) is 13.0 Å². The smallest absolute Gasteiger partial charge is 0.180 e. The largest absolute Gasteiger partial charge is 0.396 e. The molecular weight excluding hydrogens is 416 g/mol. The number of aliphatic hydroxyl groups is 1. The number of nitrogens with one attached hydrogen (secondary N) is 1. The molecule has 0 aromatic carbocycles. The van der Waals surface area contributed by atoms with Crippen LogP contribution >= 0.6 is 0 Å². The van der Waals surface area contributed by atoms with Crippen LogP contribution in [-0.4, -0.2) is 45.6 Å². The summed E-state index contributed by atoms with van der Waals surface area (Å²) in [7, 11) is 0. The molecule has 6 rings (SSSR count). The third-order valence-corrected chi connectivity index (χ3v) is 7.28. The number of aliphatic hydroxyl groups excluding tert-OH is 1. The van der Waals surface area contributed by atoms with Gasteiger partial charge in [0.1, 0.15) is 0 Å². The van der Waals surface area contributed by atoms with Gasteiger partial charge in [-0.05, 0) is 57.3 Å². The van der Waals surface area contributed by atoms with Gasteiger partial charge in [0, 0.05) is 43.0 Å². The van der Waals surface area contributed by atoms with E-state index in [2.05, 4.69) is 40.5 Å². The highest BCUT2D eigenvalue weighted by atomic mass is 16.3. The lowest BCUT2D eigenvalue weighted by atomic mass is 9.84. The molecule has 0 saturated heterocycles. The van der Waals surface area contributed by atoms with Gasteiger partial charge in [0.25, 0.3) is 0 Å². The number of imidazole rings is 1. The first-order chi connectivity index (χ1) is 16.3. The number of aryl methyl sites for hydroxylation is 1. The topological polar surface area (TPSA) is 98.1 Å². The number of hydrogen-bond donors (Lipinski definition) is 2. The first-order valence-electron chi connectivity index (χ1n) is 12.1. The van der Waals surface area contributed by atoms with E-state index in [9.17, 15) is 5.11 Å². The van der Waals surface area contributed by atoms with E-state index in [1.165, 1.54) is 18.5 Å². The van der Waals surface area contributed by atoms with Gasteiger partial charge in [0.2, 0.25) is 0 Å². The Morgan fingerprint density at radius 3 is 2.82 bits per heavy atom. The third-order valence-electron chi connectivity index (χ3n) is 7.28. The van der Waals surface area contributed by atoms with Gasteiger partial charge in [-0.15, -0.1) is 0 Å². The van der Waals surface area contributed by atoms with Gasteiger partial charge >= 0.3 is 0 Å². The summed E-state index contributed by atoms with van der Waals surface area (Å²) in [4.78, 5) is 9.32. The zero-order chi connectivity index (χ0) is 22.2. The van der Waals surface area contributed by atoms with Gasteiger partial charge in [0.05, 0.1) is 36.0 Å². The molecule has 2 N–H and O–H groups in total. The molecule has 0 atom stereocenters. The molecule has 0 radical (unpaired) electrons. The maximum atomic E-state index is 9.18. The number of rotatable bonds is 6. The van der Waals surface area contributed by atoms with Crippen molar-refractivity contribution in [1.29, 1.82) is 0 Å². The zero-order valence-corrected chi connectivity index (χ0v) is 18.8. The molecule has 2 aliphatic rings. The van der Waals surface area contributed by atoms with Crippen LogP contribution in [0.15, 0.2) is 37.2 Å². The standard InChI is InChI=1S/C24H30N8O/c33-12-8-17-4-6-19(7-5-17)32-16-18(13-27-32)29-23-24-25-9-11-30(24)22(15-26-23)20-14-28-31-10-2-1-3-21(20)31/h9,11,13-17,19,33H,1-8,10,12H2,(H,26,29). The molecular formula is C24H30N8O. The van der Waals surface area contributed by atoms with E-state index < -0.39 is 0 Å². The van der Waals surface area contributed by atoms with Gasteiger partial charge < -0.3 is 10.4 Å². The molecule has 9 heteroatoms. The van der Waals surface area contributed by atoms with Crippen molar-refractivity contribution >= 4 is 17.2 Å². The number of nitrogens with zero attached hydrogens (tertiary/aromatic N) is 7. The predicted molar refractivity (Wildman–Crippen MR) is 125 cm³/mol. The number of anilines is 2. The lowest BCUT2D eigenvalue weighted by Gasteiger charge is -2.28. The average molecular weight is 447 g/mol. The van der Waals surface area contributed by atoms with Crippen molar-refractivity contribution in [2.24, 2.45) is 5.92 Å². The van der Waals surface area contributed by atoms with Gasteiger partial charge in [-0.2, -0.15) is 10.2 Å². The molecule has 1 aliphatic carbocycles. The molecule has 5 heterocycles. The summed E-state index contributed by atoms with van der Waals surface area (Å²) < 4.78 is 6.29. The zero-order valence-electron chi connectivity index (χ0n) is 18.8. The Morgan fingerprint density at radius 2 is 1.94 bits per heavy atom. The summed E-state index contributed by atoms with van der Waals surface area (Å²) in [5.74, 6) is 1.37. The van der Waals surface area contributed by atoms with E-state index in [1.54, 1.807) is 0 Å². The van der Waals surface area contributed by atoms with Gasteiger partial charge in [-0.1, -0.05) is 0 Å². The third kappa shape index (κ3) is 3.80. The second-order valence-corrected chi connectivity index (χ2v) is 9.32. The van der Waals surface area contributed by atoms with E-state index in [1.807, 2.05) is 31.0 Å². The summed E-state index contributed by atoms with van der Waals surface area (Å²) in [5, 5.41) is 21.8. The maximum Gasteiger partial charge on any atom is 0.180 e. The molecule has 0 spiro atoms. The van der Waals surface area contributed by atoms with Crippen molar-refractivity contribution in [3.8, 4) is 11.3 Å². The normalized spacial score (nSPS) is 20.8. The Balaban J connectivity index is 1.23. The molecule has 0 unspecified atom stereocenters. The monoisotopic (exact) mass is 446 g/mol. The molecule has 1 aliphatic heterocycles.